The van der Waals surface area contributed by atoms with Crippen molar-refractivity contribution >= 4 is 6.29 Å². The third-order valence-electron chi connectivity index (χ3n) is 4.19. The van der Waals surface area contributed by atoms with Gasteiger partial charge in [-0.1, -0.05) is 19.2 Å². The van der Waals surface area contributed by atoms with Crippen molar-refractivity contribution in [3.8, 4) is 0 Å². The molecule has 2 heterocycles. The molecule has 0 bridgehead atoms. The molecule has 0 radical (unpaired) electrons. The van der Waals surface area contributed by atoms with E-state index in [1.165, 1.54) is 6.08 Å². The van der Waals surface area contributed by atoms with Crippen LogP contribution in [0.2, 0.25) is 0 Å². The first-order valence-electron chi connectivity index (χ1n) is 8.24. The second-order valence-corrected chi connectivity index (χ2v) is 6.19. The highest BCUT2D eigenvalue weighted by atomic mass is 16.1. The highest BCUT2D eigenvalue weighted by Gasteiger charge is 2.21. The third-order valence-corrected chi connectivity index (χ3v) is 4.19. The molecule has 1 fully saturated rings. The van der Waals surface area contributed by atoms with Crippen LogP contribution >= 0.6 is 0 Å². The molecule has 0 spiro atoms. The van der Waals surface area contributed by atoms with Gasteiger partial charge in [-0.25, -0.2) is 0 Å². The molecule has 5 nitrogen and oxygen atoms in total. The topological polar surface area (TPSA) is 61.0 Å². The lowest BCUT2D eigenvalue weighted by Gasteiger charge is -2.32. The first-order chi connectivity index (χ1) is 11.6. The highest BCUT2D eigenvalue weighted by molar-refractivity contribution is 5.65. The molecule has 0 atom stereocenters. The molecular formula is C19H26N4O. The Morgan fingerprint density at radius 3 is 2.83 bits per heavy atom. The highest BCUT2D eigenvalue weighted by Crippen LogP contribution is 2.23. The largest absolute Gasteiger partial charge is 0.360 e. The van der Waals surface area contributed by atoms with Crippen molar-refractivity contribution in [3.05, 3.63) is 66.3 Å². The number of allylic oxidation sites excluding steroid dienone is 5. The van der Waals surface area contributed by atoms with Crippen molar-refractivity contribution < 1.29 is 4.79 Å². The van der Waals surface area contributed by atoms with Crippen LogP contribution in [0.3, 0.4) is 0 Å². The lowest BCUT2D eigenvalue weighted by molar-refractivity contribution is -0.104. The van der Waals surface area contributed by atoms with Gasteiger partial charge in [0.1, 0.15) is 6.29 Å². The second-order valence-electron chi connectivity index (χ2n) is 6.19. The summed E-state index contributed by atoms with van der Waals surface area (Å²) >= 11 is 0. The number of rotatable bonds is 8. The third kappa shape index (κ3) is 5.66. The van der Waals surface area contributed by atoms with Crippen molar-refractivity contribution in [1.82, 2.24) is 20.4 Å². The van der Waals surface area contributed by atoms with Gasteiger partial charge in [0.05, 0.1) is 0 Å². The summed E-state index contributed by atoms with van der Waals surface area (Å²) < 4.78 is 0. The monoisotopic (exact) mass is 326 g/mol. The minimum Gasteiger partial charge on any atom is -0.360 e. The molecule has 1 aliphatic heterocycles. The number of aromatic nitrogens is 2. The molecule has 5 heteroatoms. The molecule has 1 saturated heterocycles. The summed E-state index contributed by atoms with van der Waals surface area (Å²) in [6.45, 7) is 13.1. The van der Waals surface area contributed by atoms with Gasteiger partial charge in [0, 0.05) is 35.7 Å². The molecule has 0 amide bonds. The van der Waals surface area contributed by atoms with Gasteiger partial charge in [0.2, 0.25) is 0 Å². The van der Waals surface area contributed by atoms with E-state index in [0.717, 1.165) is 61.4 Å². The summed E-state index contributed by atoms with van der Waals surface area (Å²) in [5.74, 6) is 0.457. The Bertz CT molecular complexity index is 620. The summed E-state index contributed by atoms with van der Waals surface area (Å²) in [5.41, 5.74) is 3.95. The summed E-state index contributed by atoms with van der Waals surface area (Å²) in [6, 6.07) is 2.02. The predicted molar refractivity (Wildman–Crippen MR) is 97.0 cm³/mol. The van der Waals surface area contributed by atoms with Gasteiger partial charge in [-0.05, 0) is 56.6 Å². The van der Waals surface area contributed by atoms with Gasteiger partial charge in [0.25, 0.3) is 0 Å². The zero-order valence-electron chi connectivity index (χ0n) is 14.3. The molecule has 1 aromatic heterocycles. The van der Waals surface area contributed by atoms with Gasteiger partial charge >= 0.3 is 0 Å². The van der Waals surface area contributed by atoms with Gasteiger partial charge in [-0.15, -0.1) is 0 Å². The fraction of sp³-hybridized carbons (Fsp3) is 0.368. The van der Waals surface area contributed by atoms with E-state index in [1.54, 1.807) is 12.3 Å². The summed E-state index contributed by atoms with van der Waals surface area (Å²) in [7, 11) is 0. The number of carbonyl (C=O) groups is 1. The van der Waals surface area contributed by atoms with Gasteiger partial charge in [-0.3, -0.25) is 14.8 Å². The molecule has 0 unspecified atom stereocenters. The van der Waals surface area contributed by atoms with Crippen LogP contribution in [0, 0.1) is 5.92 Å². The summed E-state index contributed by atoms with van der Waals surface area (Å²) in [6.07, 6.45) is 9.88. The maximum Gasteiger partial charge on any atom is 0.142 e. The van der Waals surface area contributed by atoms with Crippen LogP contribution in [-0.4, -0.2) is 34.5 Å². The number of aldehydes is 1. The summed E-state index contributed by atoms with van der Waals surface area (Å²) in [4.78, 5) is 12.8. The van der Waals surface area contributed by atoms with E-state index < -0.39 is 0 Å². The quantitative estimate of drug-likeness (QED) is 0.438. The van der Waals surface area contributed by atoms with Crippen molar-refractivity contribution in [2.45, 2.75) is 26.3 Å². The van der Waals surface area contributed by atoms with Crippen LogP contribution in [0.1, 0.15) is 25.5 Å². The van der Waals surface area contributed by atoms with E-state index in [-0.39, 0.29) is 0 Å². The van der Waals surface area contributed by atoms with E-state index in [1.807, 2.05) is 19.1 Å². The average molecular weight is 326 g/mol. The van der Waals surface area contributed by atoms with E-state index in [2.05, 4.69) is 33.6 Å². The molecule has 2 rings (SSSR count). The SMILES string of the molecule is C=C(/C=C(C)/C=C/C=O)NC(=C)C1CCN(Cc2ccn[nH]2)CC1. The minimum atomic E-state index is 0.457. The Labute approximate surface area is 143 Å². The Kier molecular flexibility index (Phi) is 6.75. The summed E-state index contributed by atoms with van der Waals surface area (Å²) in [5, 5.41) is 10.3. The number of carbonyl (C=O) groups excluding carboxylic acids is 1. The standard InChI is InChI=1S/C19H26N4O/c1-15(5-4-12-24)13-16(2)21-17(3)18-7-10-23(11-8-18)14-19-6-9-20-22-19/h4-6,9,12-13,18,21H,2-3,7-8,10-11,14H2,1H3,(H,20,22)/b5-4+,15-13+. The van der Waals surface area contributed by atoms with E-state index in [4.69, 9.17) is 0 Å². The Hall–Kier alpha value is -2.40. The van der Waals surface area contributed by atoms with Crippen molar-refractivity contribution in [2.75, 3.05) is 13.1 Å². The molecule has 1 aliphatic rings. The molecule has 0 saturated carbocycles. The first-order valence-corrected chi connectivity index (χ1v) is 8.24. The molecule has 2 N–H and O–H groups in total. The number of nitrogens with zero attached hydrogens (tertiary/aromatic N) is 2. The average Bonchev–Trinajstić information content (AvgIpc) is 3.06. The zero-order valence-corrected chi connectivity index (χ0v) is 14.3. The molecule has 128 valence electrons. The van der Waals surface area contributed by atoms with E-state index in [9.17, 15) is 4.79 Å². The first kappa shape index (κ1) is 17.9. The lowest BCUT2D eigenvalue weighted by Crippen LogP contribution is -2.35. The normalized spacial score (nSPS) is 17.1. The molecule has 0 aromatic carbocycles. The number of likely N-dealkylation sites (tertiary alicyclic amines) is 1. The van der Waals surface area contributed by atoms with E-state index >= 15 is 0 Å². The number of aromatic amines is 1. The maximum atomic E-state index is 10.3. The molecular weight excluding hydrogens is 300 g/mol. The van der Waals surface area contributed by atoms with Crippen molar-refractivity contribution in [1.29, 1.82) is 0 Å². The Morgan fingerprint density at radius 2 is 2.21 bits per heavy atom. The zero-order chi connectivity index (χ0) is 17.4. The number of hydrogen-bond donors (Lipinski definition) is 2. The second kappa shape index (κ2) is 9.03. The lowest BCUT2D eigenvalue weighted by atomic mass is 9.93. The minimum absolute atomic E-state index is 0.457. The molecule has 24 heavy (non-hydrogen) atoms. The van der Waals surface area contributed by atoms with Crippen LogP contribution in [0.25, 0.3) is 0 Å². The van der Waals surface area contributed by atoms with Gasteiger partial charge in [0.15, 0.2) is 0 Å². The van der Waals surface area contributed by atoms with Gasteiger partial charge < -0.3 is 5.32 Å². The molecule has 0 aliphatic carbocycles. The smallest absolute Gasteiger partial charge is 0.142 e. The fourth-order valence-electron chi connectivity index (χ4n) is 2.91. The van der Waals surface area contributed by atoms with Crippen molar-refractivity contribution in [3.63, 3.8) is 0 Å². The number of H-pyrrole nitrogens is 1. The Morgan fingerprint density at radius 1 is 1.46 bits per heavy atom. The predicted octanol–water partition coefficient (Wildman–Crippen LogP) is 2.94. The Balaban J connectivity index is 1.77. The number of nitrogens with one attached hydrogen (secondary N) is 2. The van der Waals surface area contributed by atoms with Crippen LogP contribution in [0.15, 0.2) is 60.6 Å². The van der Waals surface area contributed by atoms with Gasteiger partial charge in [-0.2, -0.15) is 5.10 Å². The number of piperidine rings is 1. The maximum absolute atomic E-state index is 10.3. The van der Waals surface area contributed by atoms with E-state index in [0.29, 0.717) is 5.92 Å². The fourth-order valence-corrected chi connectivity index (χ4v) is 2.91. The number of hydrogen-bond acceptors (Lipinski definition) is 4. The van der Waals surface area contributed by atoms with Crippen LogP contribution < -0.4 is 5.32 Å². The van der Waals surface area contributed by atoms with Crippen LogP contribution in [0.4, 0.5) is 0 Å². The van der Waals surface area contributed by atoms with Crippen molar-refractivity contribution in [2.24, 2.45) is 5.92 Å². The molecule has 1 aromatic rings. The van der Waals surface area contributed by atoms with Crippen LogP contribution in [-0.2, 0) is 11.3 Å². The van der Waals surface area contributed by atoms with Crippen LogP contribution in [0.5, 0.6) is 0 Å².